The minimum absolute atomic E-state index is 0.101. The summed E-state index contributed by atoms with van der Waals surface area (Å²) in [6.07, 6.45) is 4.52. The molecule has 37 heavy (non-hydrogen) atoms. The van der Waals surface area contributed by atoms with Gasteiger partial charge in [-0.3, -0.25) is 4.79 Å². The fraction of sp³-hybridized carbons (Fsp3) is 0.519. The van der Waals surface area contributed by atoms with Crippen LogP contribution in [0, 0.1) is 11.8 Å². The predicted octanol–water partition coefficient (Wildman–Crippen LogP) is 6.09. The monoisotopic (exact) mass is 548 g/mol. The van der Waals surface area contributed by atoms with E-state index in [4.69, 9.17) is 32.7 Å². The van der Waals surface area contributed by atoms with Gasteiger partial charge in [-0.25, -0.2) is 9.78 Å². The van der Waals surface area contributed by atoms with Crippen molar-refractivity contribution in [3.63, 3.8) is 0 Å². The maximum Gasteiger partial charge on any atom is 0.409 e. The molecule has 0 aliphatic carbocycles. The molecule has 1 aromatic heterocycles. The van der Waals surface area contributed by atoms with Gasteiger partial charge in [-0.1, -0.05) is 23.2 Å². The summed E-state index contributed by atoms with van der Waals surface area (Å²) in [6, 6.07) is 7.48. The first-order valence-electron chi connectivity index (χ1n) is 12.6. The number of ether oxygens (including phenoxy) is 2. The van der Waals surface area contributed by atoms with Crippen LogP contribution >= 0.6 is 23.2 Å². The van der Waals surface area contributed by atoms with Crippen molar-refractivity contribution in [1.82, 2.24) is 9.88 Å². The van der Waals surface area contributed by atoms with Gasteiger partial charge in [-0.15, -0.1) is 0 Å². The van der Waals surface area contributed by atoms with Crippen LogP contribution in [0.4, 0.5) is 16.3 Å². The van der Waals surface area contributed by atoms with E-state index in [1.165, 1.54) is 13.3 Å². The highest BCUT2D eigenvalue weighted by Gasteiger charge is 2.30. The zero-order valence-electron chi connectivity index (χ0n) is 21.5. The summed E-state index contributed by atoms with van der Waals surface area (Å²) >= 11 is 13.1. The van der Waals surface area contributed by atoms with Gasteiger partial charge in [0, 0.05) is 54.3 Å². The number of pyridine rings is 1. The zero-order valence-corrected chi connectivity index (χ0v) is 23.0. The Kier molecular flexibility index (Phi) is 8.82. The number of carbonyl (C=O) groups excluding carboxylic acids is 2. The highest BCUT2D eigenvalue weighted by molar-refractivity contribution is 6.36. The van der Waals surface area contributed by atoms with Crippen molar-refractivity contribution in [2.24, 2.45) is 11.8 Å². The molecule has 2 unspecified atom stereocenters. The molecular formula is C27H34Cl2N4O4. The van der Waals surface area contributed by atoms with Crippen molar-refractivity contribution in [2.45, 2.75) is 45.1 Å². The van der Waals surface area contributed by atoms with E-state index < -0.39 is 6.09 Å². The summed E-state index contributed by atoms with van der Waals surface area (Å²) in [7, 11) is 1.34. The number of hydrogen-bond acceptors (Lipinski definition) is 6. The van der Waals surface area contributed by atoms with Gasteiger partial charge < -0.3 is 25.0 Å². The molecule has 2 aliphatic rings. The molecule has 10 heteroatoms. The van der Waals surface area contributed by atoms with Gasteiger partial charge in [0.05, 0.1) is 23.7 Å². The third-order valence-electron chi connectivity index (χ3n) is 6.98. The normalized spacial score (nSPS) is 21.3. The number of nitrogens with one attached hydrogen (secondary N) is 2. The Morgan fingerprint density at radius 3 is 2.73 bits per heavy atom. The molecule has 8 nitrogen and oxygen atoms in total. The van der Waals surface area contributed by atoms with E-state index in [9.17, 15) is 9.59 Å². The van der Waals surface area contributed by atoms with E-state index in [2.05, 4.69) is 29.5 Å². The fourth-order valence-corrected chi connectivity index (χ4v) is 5.49. The molecule has 0 radical (unpaired) electrons. The standard InChI is InChI=1S/C27H34Cl2N4O4/c1-27(2)13-17(8-10-37-27)14-30-19-6-7-22(28)20(11-19)21-12-24(31-15-23(21)29)32-25(34)18-5-4-9-33(16-18)26(35)36-3/h6-7,11-12,15,17-18,30H,4-5,8-10,13-14,16H2,1-3H3,(H,31,32,34). The van der Waals surface area contributed by atoms with Gasteiger partial charge in [0.15, 0.2) is 0 Å². The number of likely N-dealkylation sites (tertiary alicyclic amines) is 1. The van der Waals surface area contributed by atoms with Crippen molar-refractivity contribution in [3.05, 3.63) is 40.5 Å². The Balaban J connectivity index is 1.46. The smallest absolute Gasteiger partial charge is 0.409 e. The maximum absolute atomic E-state index is 13.0. The molecule has 0 saturated carbocycles. The van der Waals surface area contributed by atoms with E-state index in [-0.39, 0.29) is 17.4 Å². The minimum Gasteiger partial charge on any atom is -0.453 e. The predicted molar refractivity (Wildman–Crippen MR) is 146 cm³/mol. The zero-order chi connectivity index (χ0) is 26.6. The van der Waals surface area contributed by atoms with Crippen molar-refractivity contribution in [3.8, 4) is 11.1 Å². The van der Waals surface area contributed by atoms with E-state index in [1.807, 2.05) is 18.2 Å². The van der Waals surface area contributed by atoms with Gasteiger partial charge in [0.1, 0.15) is 5.82 Å². The van der Waals surface area contributed by atoms with Crippen LogP contribution in [0.2, 0.25) is 10.0 Å². The summed E-state index contributed by atoms with van der Waals surface area (Å²) < 4.78 is 10.6. The van der Waals surface area contributed by atoms with Gasteiger partial charge in [0.2, 0.25) is 5.91 Å². The largest absolute Gasteiger partial charge is 0.453 e. The Bertz CT molecular complexity index is 1140. The fourth-order valence-electron chi connectivity index (χ4n) is 5.06. The molecular weight excluding hydrogens is 515 g/mol. The Morgan fingerprint density at radius 1 is 1.19 bits per heavy atom. The van der Waals surface area contributed by atoms with Crippen LogP contribution in [-0.4, -0.2) is 60.8 Å². The number of anilines is 2. The van der Waals surface area contributed by atoms with Crippen LogP contribution in [0.5, 0.6) is 0 Å². The number of halogens is 2. The molecule has 2 fully saturated rings. The SMILES string of the molecule is COC(=O)N1CCCC(C(=O)Nc2cc(-c3cc(NCC4CCOC(C)(C)C4)ccc3Cl)c(Cl)cn2)C1. The molecule has 2 aliphatic heterocycles. The van der Waals surface area contributed by atoms with Gasteiger partial charge in [-0.05, 0) is 69.7 Å². The lowest BCUT2D eigenvalue weighted by Crippen LogP contribution is -2.43. The number of methoxy groups -OCH3 is 1. The van der Waals surface area contributed by atoms with Crippen LogP contribution in [-0.2, 0) is 14.3 Å². The van der Waals surface area contributed by atoms with Crippen molar-refractivity contribution >= 4 is 46.7 Å². The van der Waals surface area contributed by atoms with Gasteiger partial charge in [0.25, 0.3) is 0 Å². The number of piperidine rings is 1. The Morgan fingerprint density at radius 2 is 1.97 bits per heavy atom. The van der Waals surface area contributed by atoms with Crippen LogP contribution in [0.3, 0.4) is 0 Å². The third kappa shape index (κ3) is 7.06. The number of amides is 2. The number of rotatable bonds is 6. The third-order valence-corrected chi connectivity index (χ3v) is 7.61. The molecule has 2 atom stereocenters. The number of carbonyl (C=O) groups is 2. The summed E-state index contributed by atoms with van der Waals surface area (Å²) in [4.78, 5) is 30.7. The summed E-state index contributed by atoms with van der Waals surface area (Å²) in [5.74, 6) is 0.345. The average molecular weight is 549 g/mol. The quantitative estimate of drug-likeness (QED) is 0.453. The topological polar surface area (TPSA) is 92.8 Å². The summed E-state index contributed by atoms with van der Waals surface area (Å²) in [5, 5.41) is 7.38. The van der Waals surface area contributed by atoms with E-state index >= 15 is 0 Å². The molecule has 2 N–H and O–H groups in total. The molecule has 2 amide bonds. The van der Waals surface area contributed by atoms with Crippen molar-refractivity contribution in [1.29, 1.82) is 0 Å². The second-order valence-corrected chi connectivity index (χ2v) is 11.2. The number of hydrogen-bond donors (Lipinski definition) is 2. The molecule has 2 aromatic rings. The first-order chi connectivity index (χ1) is 17.6. The molecule has 200 valence electrons. The first kappa shape index (κ1) is 27.5. The van der Waals surface area contributed by atoms with Gasteiger partial charge in [-0.2, -0.15) is 0 Å². The van der Waals surface area contributed by atoms with Crippen molar-refractivity contribution in [2.75, 3.05) is 44.0 Å². The molecule has 1 aromatic carbocycles. The van der Waals surface area contributed by atoms with Gasteiger partial charge >= 0.3 is 6.09 Å². The number of aromatic nitrogens is 1. The Labute approximate surface area is 228 Å². The molecule has 0 spiro atoms. The van der Waals surface area contributed by atoms with Crippen LogP contribution < -0.4 is 10.6 Å². The van der Waals surface area contributed by atoms with Crippen LogP contribution in [0.15, 0.2) is 30.5 Å². The van der Waals surface area contributed by atoms with Crippen LogP contribution in [0.25, 0.3) is 11.1 Å². The first-order valence-corrected chi connectivity index (χ1v) is 13.4. The summed E-state index contributed by atoms with van der Waals surface area (Å²) in [5.41, 5.74) is 2.26. The lowest BCUT2D eigenvalue weighted by atomic mass is 9.88. The van der Waals surface area contributed by atoms with Crippen molar-refractivity contribution < 1.29 is 19.1 Å². The highest BCUT2D eigenvalue weighted by Crippen LogP contribution is 2.37. The molecule has 2 saturated heterocycles. The highest BCUT2D eigenvalue weighted by atomic mass is 35.5. The molecule has 3 heterocycles. The lowest BCUT2D eigenvalue weighted by Gasteiger charge is -2.35. The Hall–Kier alpha value is -2.55. The second kappa shape index (κ2) is 11.9. The molecule has 4 rings (SSSR count). The molecule has 0 bridgehead atoms. The van der Waals surface area contributed by atoms with E-state index in [0.29, 0.717) is 46.9 Å². The number of benzene rings is 1. The lowest BCUT2D eigenvalue weighted by molar-refractivity contribution is -0.121. The summed E-state index contributed by atoms with van der Waals surface area (Å²) in [6.45, 7) is 6.75. The second-order valence-electron chi connectivity index (χ2n) is 10.3. The van der Waals surface area contributed by atoms with E-state index in [0.717, 1.165) is 43.7 Å². The minimum atomic E-state index is -0.423. The van der Waals surface area contributed by atoms with Crippen LogP contribution in [0.1, 0.15) is 39.5 Å². The van der Waals surface area contributed by atoms with E-state index in [1.54, 1.807) is 11.0 Å². The maximum atomic E-state index is 13.0. The number of nitrogens with zero attached hydrogens (tertiary/aromatic N) is 2. The average Bonchev–Trinajstić information content (AvgIpc) is 2.88.